The number of nitrogens with zero attached hydrogens (tertiary/aromatic N) is 2. The van der Waals surface area contributed by atoms with Gasteiger partial charge in [0.2, 0.25) is 0 Å². The summed E-state index contributed by atoms with van der Waals surface area (Å²) in [6.45, 7) is 8.44. The summed E-state index contributed by atoms with van der Waals surface area (Å²) in [6, 6.07) is 4.84. The number of aromatic nitrogens is 1. The molecule has 9 heteroatoms. The topological polar surface area (TPSA) is 81.9 Å². The van der Waals surface area contributed by atoms with Crippen LogP contribution in [0.1, 0.15) is 42.4 Å². The van der Waals surface area contributed by atoms with Crippen molar-refractivity contribution in [3.8, 4) is 5.75 Å². The third-order valence-corrected chi connectivity index (χ3v) is 4.84. The van der Waals surface area contributed by atoms with Gasteiger partial charge in [0.1, 0.15) is 11.4 Å². The maximum absolute atomic E-state index is 12.7. The van der Waals surface area contributed by atoms with Gasteiger partial charge in [-0.15, -0.1) is 11.3 Å². The molecule has 1 N–H and O–H groups in total. The molecule has 0 aliphatic rings. The number of hydrogen-bond acceptors (Lipinski definition) is 5. The predicted molar refractivity (Wildman–Crippen MR) is 114 cm³/mol. The minimum Gasteiger partial charge on any atom is -0.496 e. The Morgan fingerprint density at radius 1 is 1.31 bits per heavy atom. The van der Waals surface area contributed by atoms with Crippen LogP contribution in [0.4, 0.5) is 4.79 Å². The molecule has 7 nitrogen and oxygen atoms in total. The lowest BCUT2D eigenvalue weighted by atomic mass is 10.2. The zero-order valence-electron chi connectivity index (χ0n) is 17.2. The highest BCUT2D eigenvalue weighted by Crippen LogP contribution is 2.23. The van der Waals surface area contributed by atoms with E-state index in [9.17, 15) is 9.59 Å². The average Bonchev–Trinajstić information content (AvgIpc) is 2.96. The number of ether oxygens (including phenoxy) is 2. The van der Waals surface area contributed by atoms with Crippen LogP contribution in [-0.4, -0.2) is 35.8 Å². The number of nitrogens with one attached hydrogen (secondary N) is 1. The van der Waals surface area contributed by atoms with Crippen LogP contribution < -0.4 is 14.9 Å². The van der Waals surface area contributed by atoms with E-state index in [1.165, 1.54) is 18.4 Å². The van der Waals surface area contributed by atoms with E-state index in [1.54, 1.807) is 18.2 Å². The standard InChI is InChI=1S/C20H26ClN3O4S/c1-13-12-24(10-6-9-22-19(26)28-20(2,3)4)18(29-13)23-17(25)15-11-14(21)7-8-16(15)27-5/h7-8,11-12H,6,9-10H2,1-5H3,(H,22,26)/b23-18-. The molecule has 1 heterocycles. The summed E-state index contributed by atoms with van der Waals surface area (Å²) in [5, 5.41) is 3.16. The van der Waals surface area contributed by atoms with Crippen molar-refractivity contribution < 1.29 is 19.1 Å². The maximum Gasteiger partial charge on any atom is 0.407 e. The largest absolute Gasteiger partial charge is 0.496 e. The number of hydrogen-bond donors (Lipinski definition) is 1. The molecule has 0 radical (unpaired) electrons. The molecule has 2 rings (SSSR count). The Hall–Kier alpha value is -2.32. The summed E-state index contributed by atoms with van der Waals surface area (Å²) in [4.78, 5) is 30.2. The number of amides is 2. The number of thiazole rings is 1. The van der Waals surface area contributed by atoms with Crippen LogP contribution >= 0.6 is 22.9 Å². The summed E-state index contributed by atoms with van der Waals surface area (Å²) >= 11 is 7.43. The van der Waals surface area contributed by atoms with Gasteiger partial charge in [0.15, 0.2) is 4.80 Å². The van der Waals surface area contributed by atoms with Gasteiger partial charge in [-0.05, 0) is 52.3 Å². The Morgan fingerprint density at radius 3 is 2.69 bits per heavy atom. The highest BCUT2D eigenvalue weighted by Gasteiger charge is 2.16. The number of benzene rings is 1. The van der Waals surface area contributed by atoms with E-state index >= 15 is 0 Å². The first kappa shape index (κ1) is 23.0. The maximum atomic E-state index is 12.7. The van der Waals surface area contributed by atoms with Gasteiger partial charge in [-0.1, -0.05) is 11.6 Å². The Labute approximate surface area is 179 Å². The number of carbonyl (C=O) groups is 2. The fourth-order valence-corrected chi connectivity index (χ4v) is 3.53. The van der Waals surface area contributed by atoms with Gasteiger partial charge < -0.3 is 19.4 Å². The number of alkyl carbamates (subject to hydrolysis) is 1. The molecule has 0 bridgehead atoms. The Bertz CT molecular complexity index is 944. The van der Waals surface area contributed by atoms with Gasteiger partial charge in [-0.25, -0.2) is 4.79 Å². The van der Waals surface area contributed by atoms with Crippen LogP contribution in [0.3, 0.4) is 0 Å². The third-order valence-electron chi connectivity index (χ3n) is 3.67. The van der Waals surface area contributed by atoms with Gasteiger partial charge in [-0.2, -0.15) is 4.99 Å². The number of aryl methyl sites for hydroxylation is 2. The molecule has 1 aromatic heterocycles. The number of halogens is 1. The molecular formula is C20H26ClN3O4S. The van der Waals surface area contributed by atoms with Gasteiger partial charge >= 0.3 is 6.09 Å². The predicted octanol–water partition coefficient (Wildman–Crippen LogP) is 4.18. The molecule has 0 aliphatic carbocycles. The van der Waals surface area contributed by atoms with E-state index in [-0.39, 0.29) is 0 Å². The van der Waals surface area contributed by atoms with Crippen molar-refractivity contribution in [3.63, 3.8) is 0 Å². The van der Waals surface area contributed by atoms with E-state index in [0.29, 0.717) is 40.6 Å². The van der Waals surface area contributed by atoms with Crippen LogP contribution in [0.5, 0.6) is 5.75 Å². The number of carbonyl (C=O) groups excluding carboxylic acids is 2. The van der Waals surface area contributed by atoms with E-state index in [4.69, 9.17) is 21.1 Å². The average molecular weight is 440 g/mol. The molecule has 1 aromatic carbocycles. The zero-order chi connectivity index (χ0) is 21.6. The van der Waals surface area contributed by atoms with Crippen molar-refractivity contribution in [2.75, 3.05) is 13.7 Å². The van der Waals surface area contributed by atoms with Gasteiger partial charge in [0.25, 0.3) is 5.91 Å². The van der Waals surface area contributed by atoms with Crippen LogP contribution in [0.25, 0.3) is 0 Å². The molecule has 0 unspecified atom stereocenters. The lowest BCUT2D eigenvalue weighted by Crippen LogP contribution is -2.33. The fourth-order valence-electron chi connectivity index (χ4n) is 2.50. The second-order valence-electron chi connectivity index (χ2n) is 7.36. The number of methoxy groups -OCH3 is 1. The fraction of sp³-hybridized carbons (Fsp3) is 0.450. The minimum absolute atomic E-state index is 0.309. The minimum atomic E-state index is -0.531. The summed E-state index contributed by atoms with van der Waals surface area (Å²) in [7, 11) is 1.49. The Morgan fingerprint density at radius 2 is 2.03 bits per heavy atom. The van der Waals surface area contributed by atoms with E-state index in [2.05, 4.69) is 10.3 Å². The lowest BCUT2D eigenvalue weighted by Gasteiger charge is -2.19. The molecular weight excluding hydrogens is 414 g/mol. The van der Waals surface area contributed by atoms with E-state index in [0.717, 1.165) is 4.88 Å². The summed E-state index contributed by atoms with van der Waals surface area (Å²) < 4.78 is 12.3. The highest BCUT2D eigenvalue weighted by molar-refractivity contribution is 7.09. The number of rotatable bonds is 6. The first-order chi connectivity index (χ1) is 13.6. The van der Waals surface area contributed by atoms with Gasteiger partial charge in [0, 0.05) is 29.2 Å². The van der Waals surface area contributed by atoms with Crippen molar-refractivity contribution in [2.45, 2.75) is 46.3 Å². The van der Waals surface area contributed by atoms with Crippen LogP contribution in [0, 0.1) is 6.92 Å². The smallest absolute Gasteiger partial charge is 0.407 e. The quantitative estimate of drug-likeness (QED) is 0.684. The van der Waals surface area contributed by atoms with Gasteiger partial charge in [0.05, 0.1) is 12.7 Å². The van der Waals surface area contributed by atoms with Crippen LogP contribution in [0.15, 0.2) is 29.4 Å². The van der Waals surface area contributed by atoms with Crippen molar-refractivity contribution in [3.05, 3.63) is 44.7 Å². The van der Waals surface area contributed by atoms with E-state index < -0.39 is 17.6 Å². The van der Waals surface area contributed by atoms with E-state index in [1.807, 2.05) is 38.5 Å². The lowest BCUT2D eigenvalue weighted by molar-refractivity contribution is 0.0526. The normalized spacial score (nSPS) is 12.0. The Balaban J connectivity index is 2.08. The first-order valence-corrected chi connectivity index (χ1v) is 10.3. The monoisotopic (exact) mass is 439 g/mol. The third kappa shape index (κ3) is 7.21. The molecule has 158 valence electrons. The zero-order valence-corrected chi connectivity index (χ0v) is 18.8. The summed E-state index contributed by atoms with van der Waals surface area (Å²) in [5.74, 6) is -0.00336. The van der Waals surface area contributed by atoms with Gasteiger partial charge in [-0.3, -0.25) is 4.79 Å². The highest BCUT2D eigenvalue weighted by atomic mass is 35.5. The molecule has 2 aromatic rings. The van der Waals surface area contributed by atoms with Crippen molar-refractivity contribution >= 4 is 34.9 Å². The Kier molecular flexibility index (Phi) is 7.87. The molecule has 0 saturated carbocycles. The summed E-state index contributed by atoms with van der Waals surface area (Å²) in [6.07, 6.45) is 2.15. The molecule has 2 amide bonds. The molecule has 0 atom stereocenters. The molecule has 0 spiro atoms. The van der Waals surface area contributed by atoms with Crippen molar-refractivity contribution in [1.29, 1.82) is 0 Å². The van der Waals surface area contributed by atoms with Crippen molar-refractivity contribution in [2.24, 2.45) is 4.99 Å². The van der Waals surface area contributed by atoms with Crippen LogP contribution in [-0.2, 0) is 11.3 Å². The first-order valence-electron chi connectivity index (χ1n) is 9.15. The second kappa shape index (κ2) is 9.93. The molecule has 0 aliphatic heterocycles. The SMILES string of the molecule is COc1ccc(Cl)cc1C(=O)/N=c1\sc(C)cn1CCCNC(=O)OC(C)(C)C. The molecule has 29 heavy (non-hydrogen) atoms. The molecule has 0 saturated heterocycles. The van der Waals surface area contributed by atoms with Crippen LogP contribution in [0.2, 0.25) is 5.02 Å². The summed E-state index contributed by atoms with van der Waals surface area (Å²) in [5.41, 5.74) is -0.221. The molecule has 0 fully saturated rings. The van der Waals surface area contributed by atoms with Crippen molar-refractivity contribution in [1.82, 2.24) is 9.88 Å². The second-order valence-corrected chi connectivity index (χ2v) is 9.01.